The third-order valence-electron chi connectivity index (χ3n) is 3.29. The number of halogens is 2. The monoisotopic (exact) mass is 377 g/mol. The number of aromatic nitrogens is 2. The number of rotatable bonds is 5. The number of hydrogen-bond donors (Lipinski definition) is 1. The van der Waals surface area contributed by atoms with Crippen molar-refractivity contribution < 1.29 is 13.9 Å². The van der Waals surface area contributed by atoms with Gasteiger partial charge in [0.1, 0.15) is 5.75 Å². The molecule has 0 saturated carbocycles. The van der Waals surface area contributed by atoms with Crippen molar-refractivity contribution in [2.75, 3.05) is 11.9 Å². The van der Waals surface area contributed by atoms with Crippen LogP contribution in [0, 0.1) is 6.92 Å². The molecule has 1 N–H and O–H groups in total. The van der Waals surface area contributed by atoms with Crippen LogP contribution < -0.4 is 10.1 Å². The van der Waals surface area contributed by atoms with Gasteiger partial charge >= 0.3 is 6.01 Å². The summed E-state index contributed by atoms with van der Waals surface area (Å²) in [5, 5.41) is 11.0. The van der Waals surface area contributed by atoms with Gasteiger partial charge in [0.25, 0.3) is 11.8 Å². The minimum Gasteiger partial charge on any atom is -0.483 e. The number of carbonyl (C=O) groups is 1. The first kappa shape index (κ1) is 17.3. The minimum atomic E-state index is -0.416. The number of hydrogen-bond acceptors (Lipinski definition) is 5. The molecule has 0 spiro atoms. The van der Waals surface area contributed by atoms with E-state index in [-0.39, 0.29) is 18.5 Å². The number of nitrogens with zero attached hydrogens (tertiary/aromatic N) is 2. The number of benzene rings is 2. The molecule has 1 aromatic heterocycles. The van der Waals surface area contributed by atoms with E-state index in [0.29, 0.717) is 21.4 Å². The van der Waals surface area contributed by atoms with Crippen molar-refractivity contribution in [3.63, 3.8) is 0 Å². The Hall–Kier alpha value is -2.57. The second-order valence-electron chi connectivity index (χ2n) is 5.14. The Morgan fingerprint density at radius 1 is 1.20 bits per heavy atom. The van der Waals surface area contributed by atoms with Gasteiger partial charge in [0.15, 0.2) is 6.61 Å². The zero-order chi connectivity index (χ0) is 17.8. The van der Waals surface area contributed by atoms with Crippen LogP contribution in [0.3, 0.4) is 0 Å². The number of anilines is 1. The molecule has 128 valence electrons. The molecule has 0 fully saturated rings. The summed E-state index contributed by atoms with van der Waals surface area (Å²) in [4.78, 5) is 11.9. The molecule has 1 amide bonds. The smallest absolute Gasteiger partial charge is 0.322 e. The Kier molecular flexibility index (Phi) is 5.21. The molecule has 0 aliphatic carbocycles. The molecule has 6 nitrogen and oxygen atoms in total. The fourth-order valence-electron chi connectivity index (χ4n) is 2.06. The van der Waals surface area contributed by atoms with Crippen LogP contribution >= 0.6 is 23.2 Å². The van der Waals surface area contributed by atoms with E-state index in [1.54, 1.807) is 24.3 Å². The van der Waals surface area contributed by atoms with Gasteiger partial charge in [-0.2, -0.15) is 0 Å². The second-order valence-corrected chi connectivity index (χ2v) is 5.98. The molecule has 0 aliphatic heterocycles. The summed E-state index contributed by atoms with van der Waals surface area (Å²) < 4.78 is 10.9. The van der Waals surface area contributed by atoms with Gasteiger partial charge in [-0.15, -0.1) is 5.10 Å². The first-order valence-electron chi connectivity index (χ1n) is 7.30. The summed E-state index contributed by atoms with van der Waals surface area (Å²) in [6.07, 6.45) is 0. The molecule has 0 radical (unpaired) electrons. The van der Waals surface area contributed by atoms with E-state index in [4.69, 9.17) is 32.4 Å². The van der Waals surface area contributed by atoms with Crippen LogP contribution in [0.2, 0.25) is 10.0 Å². The van der Waals surface area contributed by atoms with E-state index in [0.717, 1.165) is 5.56 Å². The van der Waals surface area contributed by atoms with E-state index in [1.165, 1.54) is 0 Å². The van der Waals surface area contributed by atoms with Crippen molar-refractivity contribution in [1.82, 2.24) is 10.2 Å². The summed E-state index contributed by atoms with van der Waals surface area (Å²) >= 11 is 11.9. The van der Waals surface area contributed by atoms with E-state index in [9.17, 15) is 4.79 Å². The van der Waals surface area contributed by atoms with Gasteiger partial charge in [-0.25, -0.2) is 0 Å². The summed E-state index contributed by atoms with van der Waals surface area (Å²) in [6, 6.07) is 12.2. The lowest BCUT2D eigenvalue weighted by Gasteiger charge is -2.07. The average Bonchev–Trinajstić information content (AvgIpc) is 3.02. The molecule has 0 unspecified atom stereocenters. The summed E-state index contributed by atoms with van der Waals surface area (Å²) in [6.45, 7) is 1.72. The number of amides is 1. The van der Waals surface area contributed by atoms with Crippen LogP contribution in [0.25, 0.3) is 11.5 Å². The molecule has 0 bridgehead atoms. The molecule has 8 heteroatoms. The lowest BCUT2D eigenvalue weighted by Crippen LogP contribution is -2.20. The van der Waals surface area contributed by atoms with Crippen LogP contribution in [-0.2, 0) is 4.79 Å². The largest absolute Gasteiger partial charge is 0.483 e. The fourth-order valence-corrected chi connectivity index (χ4v) is 2.55. The van der Waals surface area contributed by atoms with E-state index >= 15 is 0 Å². The molecule has 3 rings (SSSR count). The average molecular weight is 378 g/mol. The Balaban J connectivity index is 1.63. The van der Waals surface area contributed by atoms with Crippen LogP contribution in [0.15, 0.2) is 46.9 Å². The molecular formula is C17H13Cl2N3O3. The van der Waals surface area contributed by atoms with Gasteiger partial charge in [-0.05, 0) is 36.8 Å². The number of nitrogens with one attached hydrogen (secondary N) is 1. The van der Waals surface area contributed by atoms with Crippen LogP contribution in [-0.4, -0.2) is 22.7 Å². The number of carbonyl (C=O) groups excluding carboxylic acids is 1. The van der Waals surface area contributed by atoms with Gasteiger partial charge in [-0.3, -0.25) is 10.1 Å². The van der Waals surface area contributed by atoms with Crippen LogP contribution in [0.4, 0.5) is 6.01 Å². The molecule has 0 aliphatic rings. The van der Waals surface area contributed by atoms with Crippen molar-refractivity contribution in [2.45, 2.75) is 6.92 Å². The Labute approximate surface area is 153 Å². The zero-order valence-electron chi connectivity index (χ0n) is 13.1. The fraction of sp³-hybridized carbons (Fsp3) is 0.118. The molecule has 3 aromatic rings. The van der Waals surface area contributed by atoms with Gasteiger partial charge in [0.05, 0.1) is 10.6 Å². The second kappa shape index (κ2) is 7.55. The highest BCUT2D eigenvalue weighted by molar-refractivity contribution is 6.36. The van der Waals surface area contributed by atoms with E-state index in [2.05, 4.69) is 15.5 Å². The Morgan fingerprint density at radius 3 is 2.76 bits per heavy atom. The topological polar surface area (TPSA) is 77.2 Å². The predicted octanol–water partition coefficient (Wildman–Crippen LogP) is 4.37. The van der Waals surface area contributed by atoms with Gasteiger partial charge in [0.2, 0.25) is 0 Å². The van der Waals surface area contributed by atoms with Crippen LogP contribution in [0.5, 0.6) is 5.75 Å². The van der Waals surface area contributed by atoms with Gasteiger partial charge < -0.3 is 9.15 Å². The highest BCUT2D eigenvalue weighted by Crippen LogP contribution is 2.30. The number of ether oxygens (including phenoxy) is 1. The highest BCUT2D eigenvalue weighted by atomic mass is 35.5. The number of para-hydroxylation sites is 1. The van der Waals surface area contributed by atoms with E-state index < -0.39 is 5.91 Å². The summed E-state index contributed by atoms with van der Waals surface area (Å²) in [5.41, 5.74) is 1.46. The Bertz CT molecular complexity index is 912. The van der Waals surface area contributed by atoms with Crippen molar-refractivity contribution >= 4 is 35.1 Å². The normalized spacial score (nSPS) is 10.5. The highest BCUT2D eigenvalue weighted by Gasteiger charge is 2.14. The third-order valence-corrected chi connectivity index (χ3v) is 3.83. The maximum absolute atomic E-state index is 11.9. The molecule has 1 heterocycles. The summed E-state index contributed by atoms with van der Waals surface area (Å²) in [5.74, 6) is 0.397. The minimum absolute atomic E-state index is 0.0422. The quantitative estimate of drug-likeness (QED) is 0.714. The first-order valence-corrected chi connectivity index (χ1v) is 8.06. The lowest BCUT2D eigenvalue weighted by molar-refractivity contribution is -0.118. The van der Waals surface area contributed by atoms with Crippen molar-refractivity contribution in [3.8, 4) is 17.2 Å². The molecule has 2 aromatic carbocycles. The van der Waals surface area contributed by atoms with Gasteiger partial charge in [-0.1, -0.05) is 46.5 Å². The van der Waals surface area contributed by atoms with E-state index in [1.807, 2.05) is 25.1 Å². The SMILES string of the molecule is Cc1ccccc1OCC(=O)Nc1nnc(-c2ccc(Cl)cc2Cl)o1. The summed E-state index contributed by atoms with van der Waals surface area (Å²) in [7, 11) is 0. The molecule has 25 heavy (non-hydrogen) atoms. The lowest BCUT2D eigenvalue weighted by atomic mass is 10.2. The maximum Gasteiger partial charge on any atom is 0.322 e. The first-order chi connectivity index (χ1) is 12.0. The van der Waals surface area contributed by atoms with Crippen molar-refractivity contribution in [1.29, 1.82) is 0 Å². The molecular weight excluding hydrogens is 365 g/mol. The Morgan fingerprint density at radius 2 is 2.00 bits per heavy atom. The predicted molar refractivity (Wildman–Crippen MR) is 95.1 cm³/mol. The van der Waals surface area contributed by atoms with Crippen molar-refractivity contribution in [3.05, 3.63) is 58.1 Å². The third kappa shape index (κ3) is 4.29. The standard InChI is InChI=1S/C17H13Cl2N3O3/c1-10-4-2-3-5-14(10)24-9-15(23)20-17-22-21-16(25-17)12-7-6-11(18)8-13(12)19/h2-8H,9H2,1H3,(H,20,22,23). The van der Waals surface area contributed by atoms with Gasteiger partial charge in [0, 0.05) is 5.02 Å². The van der Waals surface area contributed by atoms with Crippen molar-refractivity contribution in [2.24, 2.45) is 0 Å². The maximum atomic E-state index is 11.9. The molecule has 0 atom stereocenters. The molecule has 0 saturated heterocycles. The number of aryl methyl sites for hydroxylation is 1. The zero-order valence-corrected chi connectivity index (χ0v) is 14.6. The van der Waals surface area contributed by atoms with Crippen LogP contribution in [0.1, 0.15) is 5.56 Å².